The molecule has 3 aromatic rings. The Bertz CT molecular complexity index is 1050. The third kappa shape index (κ3) is 3.92. The Kier molecular flexibility index (Phi) is 5.40. The van der Waals surface area contributed by atoms with Gasteiger partial charge in [-0.2, -0.15) is 4.98 Å². The zero-order valence-corrected chi connectivity index (χ0v) is 17.6. The molecule has 0 unspecified atom stereocenters. The Morgan fingerprint density at radius 1 is 1.13 bits per heavy atom. The van der Waals surface area contributed by atoms with Crippen LogP contribution in [0.3, 0.4) is 0 Å². The van der Waals surface area contributed by atoms with Crippen LogP contribution < -0.4 is 4.74 Å². The summed E-state index contributed by atoms with van der Waals surface area (Å²) in [6, 6.07) is 11.3. The van der Waals surface area contributed by atoms with Crippen LogP contribution in [0.1, 0.15) is 71.1 Å². The van der Waals surface area contributed by atoms with E-state index in [1.54, 1.807) is 19.4 Å². The van der Waals surface area contributed by atoms with Gasteiger partial charge in [-0.05, 0) is 42.7 Å². The first-order valence-corrected chi connectivity index (χ1v) is 10.9. The average Bonchev–Trinajstić information content (AvgIpc) is 3.59. The molecule has 1 saturated carbocycles. The van der Waals surface area contributed by atoms with E-state index in [1.807, 2.05) is 35.4 Å². The van der Waals surface area contributed by atoms with Crippen molar-refractivity contribution in [1.82, 2.24) is 20.0 Å². The van der Waals surface area contributed by atoms with Crippen molar-refractivity contribution in [2.75, 3.05) is 20.2 Å². The lowest BCUT2D eigenvalue weighted by molar-refractivity contribution is 0.0787. The van der Waals surface area contributed by atoms with E-state index >= 15 is 0 Å². The predicted octanol–water partition coefficient (Wildman–Crippen LogP) is 4.15. The lowest BCUT2D eigenvalue weighted by Gasteiger charge is -2.17. The van der Waals surface area contributed by atoms with E-state index in [0.29, 0.717) is 36.2 Å². The second kappa shape index (κ2) is 8.49. The van der Waals surface area contributed by atoms with Gasteiger partial charge in [0.05, 0.1) is 13.0 Å². The van der Waals surface area contributed by atoms with Crippen LogP contribution in [0.5, 0.6) is 5.75 Å². The number of pyridine rings is 1. The summed E-state index contributed by atoms with van der Waals surface area (Å²) in [6.45, 7) is 1.11. The van der Waals surface area contributed by atoms with Crippen LogP contribution in [0.2, 0.25) is 0 Å². The van der Waals surface area contributed by atoms with Gasteiger partial charge in [0.2, 0.25) is 5.89 Å². The number of ether oxygens (including phenoxy) is 1. The van der Waals surface area contributed by atoms with Gasteiger partial charge in [-0.25, -0.2) is 0 Å². The molecule has 1 aliphatic carbocycles. The topological polar surface area (TPSA) is 81.4 Å². The second-order valence-electron chi connectivity index (χ2n) is 8.41. The number of rotatable bonds is 5. The number of amides is 1. The molecule has 7 nitrogen and oxygen atoms in total. The van der Waals surface area contributed by atoms with Gasteiger partial charge in [-0.15, -0.1) is 0 Å². The molecule has 0 N–H and O–H groups in total. The Balaban J connectivity index is 1.43. The molecule has 2 atom stereocenters. The average molecular weight is 418 g/mol. The number of nitrogens with zero attached hydrogens (tertiary/aromatic N) is 4. The number of benzene rings is 1. The summed E-state index contributed by atoms with van der Waals surface area (Å²) >= 11 is 0. The fourth-order valence-electron chi connectivity index (χ4n) is 4.84. The van der Waals surface area contributed by atoms with E-state index in [4.69, 9.17) is 14.2 Å². The maximum Gasteiger partial charge on any atom is 0.254 e. The summed E-state index contributed by atoms with van der Waals surface area (Å²) in [5.74, 6) is 2.48. The Morgan fingerprint density at radius 3 is 2.74 bits per heavy atom. The zero-order valence-electron chi connectivity index (χ0n) is 17.6. The van der Waals surface area contributed by atoms with Crippen LogP contribution in [0.15, 0.2) is 53.3 Å². The van der Waals surface area contributed by atoms with Crippen molar-refractivity contribution in [2.24, 2.45) is 0 Å². The van der Waals surface area contributed by atoms with Crippen molar-refractivity contribution in [1.29, 1.82) is 0 Å². The highest BCUT2D eigenvalue weighted by Gasteiger charge is 2.41. The molecule has 2 aromatic heterocycles. The molecule has 3 heterocycles. The second-order valence-corrected chi connectivity index (χ2v) is 8.41. The monoisotopic (exact) mass is 418 g/mol. The van der Waals surface area contributed by atoms with Crippen LogP contribution >= 0.6 is 0 Å². The van der Waals surface area contributed by atoms with Crippen molar-refractivity contribution in [2.45, 2.75) is 43.4 Å². The molecule has 160 valence electrons. The molecule has 2 aliphatic rings. The minimum absolute atomic E-state index is 0.0224. The molecular weight excluding hydrogens is 392 g/mol. The van der Waals surface area contributed by atoms with E-state index in [0.717, 1.165) is 24.2 Å². The summed E-state index contributed by atoms with van der Waals surface area (Å²) in [6.07, 6.45) is 8.31. The first kappa shape index (κ1) is 19.7. The molecule has 0 spiro atoms. The van der Waals surface area contributed by atoms with Gasteiger partial charge in [-0.1, -0.05) is 30.1 Å². The van der Waals surface area contributed by atoms with Crippen LogP contribution in [0, 0.1) is 0 Å². The van der Waals surface area contributed by atoms with Crippen molar-refractivity contribution in [3.8, 4) is 5.75 Å². The summed E-state index contributed by atoms with van der Waals surface area (Å²) in [5.41, 5.74) is 1.69. The van der Waals surface area contributed by atoms with Crippen LogP contribution in [-0.4, -0.2) is 46.1 Å². The molecule has 2 fully saturated rings. The zero-order chi connectivity index (χ0) is 21.2. The fourth-order valence-corrected chi connectivity index (χ4v) is 4.84. The maximum absolute atomic E-state index is 13.3. The van der Waals surface area contributed by atoms with Crippen molar-refractivity contribution >= 4 is 5.91 Å². The summed E-state index contributed by atoms with van der Waals surface area (Å²) in [7, 11) is 1.60. The van der Waals surface area contributed by atoms with Crippen LogP contribution in [0.25, 0.3) is 0 Å². The lowest BCUT2D eigenvalue weighted by Crippen LogP contribution is -2.28. The molecule has 0 radical (unpaired) electrons. The highest BCUT2D eigenvalue weighted by Crippen LogP contribution is 2.40. The van der Waals surface area contributed by atoms with E-state index in [1.165, 1.54) is 12.8 Å². The quantitative estimate of drug-likeness (QED) is 0.619. The van der Waals surface area contributed by atoms with Crippen molar-refractivity contribution in [3.63, 3.8) is 0 Å². The molecular formula is C24H26N4O3. The van der Waals surface area contributed by atoms with Gasteiger partial charge in [0.15, 0.2) is 5.82 Å². The third-order valence-electron chi connectivity index (χ3n) is 6.53. The summed E-state index contributed by atoms with van der Waals surface area (Å²) in [5, 5.41) is 4.30. The normalized spacial score (nSPS) is 21.5. The van der Waals surface area contributed by atoms with Gasteiger partial charge in [0.1, 0.15) is 5.75 Å². The number of hydrogen-bond donors (Lipinski definition) is 0. The number of hydrogen-bond acceptors (Lipinski definition) is 6. The first-order chi connectivity index (χ1) is 15.2. The standard InChI is InChI=1S/C24H26N4O3/c1-30-19-10-4-8-17(12-19)24(29)28-14-20(18-9-5-11-25-13-18)21(15-28)23-26-22(27-31-23)16-6-2-3-7-16/h4-5,8-13,16,20-21H,2-3,6-7,14-15H2,1H3/t20-,21+/m0/s1. The number of carbonyl (C=O) groups is 1. The maximum atomic E-state index is 13.3. The Hall–Kier alpha value is -3.22. The third-order valence-corrected chi connectivity index (χ3v) is 6.53. The smallest absolute Gasteiger partial charge is 0.254 e. The van der Waals surface area contributed by atoms with Crippen LogP contribution in [-0.2, 0) is 0 Å². The molecule has 7 heteroatoms. The van der Waals surface area contributed by atoms with Gasteiger partial charge in [0.25, 0.3) is 5.91 Å². The number of carbonyl (C=O) groups excluding carboxylic acids is 1. The fraction of sp³-hybridized carbons (Fsp3) is 0.417. The molecule has 1 saturated heterocycles. The van der Waals surface area contributed by atoms with Gasteiger partial charge < -0.3 is 14.2 Å². The van der Waals surface area contributed by atoms with E-state index in [2.05, 4.69) is 16.2 Å². The molecule has 5 rings (SSSR count). The van der Waals surface area contributed by atoms with Crippen molar-refractivity contribution in [3.05, 3.63) is 71.6 Å². The van der Waals surface area contributed by atoms with Gasteiger partial charge >= 0.3 is 0 Å². The number of aromatic nitrogens is 3. The number of likely N-dealkylation sites (tertiary alicyclic amines) is 1. The Morgan fingerprint density at radius 2 is 1.97 bits per heavy atom. The van der Waals surface area contributed by atoms with E-state index in [9.17, 15) is 4.79 Å². The largest absolute Gasteiger partial charge is 0.497 e. The van der Waals surface area contributed by atoms with Crippen molar-refractivity contribution < 1.29 is 14.1 Å². The summed E-state index contributed by atoms with van der Waals surface area (Å²) in [4.78, 5) is 24.2. The highest BCUT2D eigenvalue weighted by atomic mass is 16.5. The molecule has 1 aromatic carbocycles. The van der Waals surface area contributed by atoms with E-state index in [-0.39, 0.29) is 17.7 Å². The van der Waals surface area contributed by atoms with Crippen LogP contribution in [0.4, 0.5) is 0 Å². The SMILES string of the molecule is COc1cccc(C(=O)N2C[C@@H](c3cccnc3)[C@H](c3nc(C4CCCC4)no3)C2)c1. The highest BCUT2D eigenvalue weighted by molar-refractivity contribution is 5.95. The van der Waals surface area contributed by atoms with Gasteiger partial charge in [0, 0.05) is 42.9 Å². The minimum Gasteiger partial charge on any atom is -0.497 e. The molecule has 1 aliphatic heterocycles. The minimum atomic E-state index is -0.0542. The molecule has 31 heavy (non-hydrogen) atoms. The lowest BCUT2D eigenvalue weighted by atomic mass is 9.90. The number of methoxy groups -OCH3 is 1. The van der Waals surface area contributed by atoms with Gasteiger partial charge in [-0.3, -0.25) is 9.78 Å². The molecule has 0 bridgehead atoms. The first-order valence-electron chi connectivity index (χ1n) is 10.9. The molecule has 1 amide bonds. The Labute approximate surface area is 181 Å². The van der Waals surface area contributed by atoms with E-state index < -0.39 is 0 Å². The summed E-state index contributed by atoms with van der Waals surface area (Å²) < 4.78 is 11.0. The predicted molar refractivity (Wildman–Crippen MR) is 114 cm³/mol.